The zero-order valence-electron chi connectivity index (χ0n) is 9.72. The van der Waals surface area contributed by atoms with Crippen molar-refractivity contribution in [1.82, 2.24) is 10.2 Å². The molecule has 0 aliphatic carbocycles. The smallest absolute Gasteiger partial charge is 0.401 e. The second kappa shape index (κ2) is 6.20. The molecule has 17 heavy (non-hydrogen) atoms. The van der Waals surface area contributed by atoms with Gasteiger partial charge in [0, 0.05) is 12.6 Å². The molecule has 1 aliphatic heterocycles. The number of nitrogens with one attached hydrogen (secondary N) is 1. The molecule has 0 amide bonds. The lowest BCUT2D eigenvalue weighted by Crippen LogP contribution is -2.49. The molecule has 100 valence electrons. The van der Waals surface area contributed by atoms with Gasteiger partial charge in [-0.25, -0.2) is 0 Å². The second-order valence-corrected chi connectivity index (χ2v) is 4.15. The zero-order chi connectivity index (χ0) is 12.9. The van der Waals surface area contributed by atoms with Gasteiger partial charge < -0.3 is 10.1 Å². The van der Waals surface area contributed by atoms with E-state index in [1.54, 1.807) is 0 Å². The maximum Gasteiger partial charge on any atom is 0.401 e. The highest BCUT2D eigenvalue weighted by Gasteiger charge is 2.29. The van der Waals surface area contributed by atoms with E-state index in [4.69, 9.17) is 0 Å². The van der Waals surface area contributed by atoms with Crippen molar-refractivity contribution in [1.29, 1.82) is 0 Å². The van der Waals surface area contributed by atoms with Crippen LogP contribution in [0.3, 0.4) is 0 Å². The number of carbonyl (C=O) groups is 1. The number of likely N-dealkylation sites (tertiary alicyclic amines) is 1. The van der Waals surface area contributed by atoms with E-state index < -0.39 is 12.7 Å². The maximum absolute atomic E-state index is 12.0. The van der Waals surface area contributed by atoms with Crippen molar-refractivity contribution in [2.75, 3.05) is 33.3 Å². The van der Waals surface area contributed by atoms with Gasteiger partial charge in [0.15, 0.2) is 0 Å². The summed E-state index contributed by atoms with van der Waals surface area (Å²) in [7, 11) is 1.30. The number of alkyl halides is 3. The van der Waals surface area contributed by atoms with Gasteiger partial charge in [-0.15, -0.1) is 0 Å². The first-order valence-electron chi connectivity index (χ1n) is 5.50. The molecule has 7 heteroatoms. The van der Waals surface area contributed by atoms with Crippen LogP contribution in [0, 0.1) is 0 Å². The minimum absolute atomic E-state index is 0.140. The van der Waals surface area contributed by atoms with Gasteiger partial charge in [0.25, 0.3) is 0 Å². The molecule has 0 radical (unpaired) electrons. The predicted molar refractivity (Wildman–Crippen MR) is 55.5 cm³/mol. The summed E-state index contributed by atoms with van der Waals surface area (Å²) >= 11 is 0. The monoisotopic (exact) mass is 254 g/mol. The zero-order valence-corrected chi connectivity index (χ0v) is 9.72. The largest absolute Gasteiger partial charge is 0.468 e. The number of carbonyl (C=O) groups excluding carboxylic acids is 1. The molecule has 1 unspecified atom stereocenters. The predicted octanol–water partition coefficient (Wildman–Crippen LogP) is 0.776. The minimum Gasteiger partial charge on any atom is -0.468 e. The van der Waals surface area contributed by atoms with Crippen molar-refractivity contribution in [3.05, 3.63) is 0 Å². The Balaban J connectivity index is 2.31. The SMILES string of the molecule is COC(=O)CN1CCCC(NCC(F)(F)F)C1. The fourth-order valence-corrected chi connectivity index (χ4v) is 1.87. The lowest BCUT2D eigenvalue weighted by Gasteiger charge is -2.32. The number of ether oxygens (including phenoxy) is 1. The Hall–Kier alpha value is -0.820. The van der Waals surface area contributed by atoms with E-state index >= 15 is 0 Å². The highest BCUT2D eigenvalue weighted by atomic mass is 19.4. The first-order valence-corrected chi connectivity index (χ1v) is 5.50. The quantitative estimate of drug-likeness (QED) is 0.753. The molecule has 0 aromatic rings. The molecule has 0 aromatic carbocycles. The second-order valence-electron chi connectivity index (χ2n) is 4.15. The van der Waals surface area contributed by atoms with E-state index in [2.05, 4.69) is 10.1 Å². The number of piperidine rings is 1. The van der Waals surface area contributed by atoms with Gasteiger partial charge in [0.2, 0.25) is 0 Å². The van der Waals surface area contributed by atoms with Crippen LogP contribution in [-0.2, 0) is 9.53 Å². The van der Waals surface area contributed by atoms with Gasteiger partial charge in [-0.3, -0.25) is 9.69 Å². The molecule has 1 fully saturated rings. The summed E-state index contributed by atoms with van der Waals surface area (Å²) in [5.74, 6) is -0.360. The van der Waals surface area contributed by atoms with E-state index in [1.807, 2.05) is 4.90 Å². The molecule has 0 bridgehead atoms. The van der Waals surface area contributed by atoms with Crippen molar-refractivity contribution in [2.24, 2.45) is 0 Å². The van der Waals surface area contributed by atoms with E-state index in [-0.39, 0.29) is 18.6 Å². The summed E-state index contributed by atoms with van der Waals surface area (Å²) in [6.07, 6.45) is -2.70. The Labute approximate surface area is 98.1 Å². The molecule has 1 rings (SSSR count). The molecule has 1 atom stereocenters. The number of rotatable bonds is 4. The highest BCUT2D eigenvalue weighted by molar-refractivity contribution is 5.71. The van der Waals surface area contributed by atoms with Gasteiger partial charge in [-0.2, -0.15) is 13.2 Å². The first kappa shape index (κ1) is 14.2. The van der Waals surface area contributed by atoms with Crippen molar-refractivity contribution in [2.45, 2.75) is 25.1 Å². The molecular weight excluding hydrogens is 237 g/mol. The number of methoxy groups -OCH3 is 1. The van der Waals surface area contributed by atoms with Gasteiger partial charge in [0.1, 0.15) is 0 Å². The maximum atomic E-state index is 12.0. The van der Waals surface area contributed by atoms with Crippen molar-refractivity contribution < 1.29 is 22.7 Å². The first-order chi connectivity index (χ1) is 7.90. The fourth-order valence-electron chi connectivity index (χ4n) is 1.87. The summed E-state index contributed by atoms with van der Waals surface area (Å²) in [6.45, 7) is 0.328. The summed E-state index contributed by atoms with van der Waals surface area (Å²) in [5.41, 5.74) is 0. The summed E-state index contributed by atoms with van der Waals surface area (Å²) in [5, 5.41) is 2.46. The van der Waals surface area contributed by atoms with Crippen molar-refractivity contribution in [3.63, 3.8) is 0 Å². The Morgan fingerprint density at radius 1 is 1.53 bits per heavy atom. The van der Waals surface area contributed by atoms with Crippen molar-refractivity contribution >= 4 is 5.97 Å². The molecule has 0 spiro atoms. The Bertz CT molecular complexity index is 258. The fraction of sp³-hybridized carbons (Fsp3) is 0.900. The van der Waals surface area contributed by atoms with Crippen molar-refractivity contribution in [3.8, 4) is 0 Å². The molecule has 1 heterocycles. The number of hydrogen-bond acceptors (Lipinski definition) is 4. The van der Waals surface area contributed by atoms with E-state index in [1.165, 1.54) is 7.11 Å². The molecule has 4 nitrogen and oxygen atoms in total. The van der Waals surface area contributed by atoms with Crippen LogP contribution in [0.15, 0.2) is 0 Å². The summed E-state index contributed by atoms with van der Waals surface area (Å²) < 4.78 is 40.6. The molecule has 0 saturated carbocycles. The van der Waals surface area contributed by atoms with E-state index in [0.717, 1.165) is 13.0 Å². The summed E-state index contributed by atoms with van der Waals surface area (Å²) in [4.78, 5) is 12.8. The Kier molecular flexibility index (Phi) is 5.20. The van der Waals surface area contributed by atoms with E-state index in [0.29, 0.717) is 13.0 Å². The highest BCUT2D eigenvalue weighted by Crippen LogP contribution is 2.15. The lowest BCUT2D eigenvalue weighted by atomic mass is 10.1. The lowest BCUT2D eigenvalue weighted by molar-refractivity contribution is -0.142. The van der Waals surface area contributed by atoms with Crippen LogP contribution >= 0.6 is 0 Å². The van der Waals surface area contributed by atoms with Gasteiger partial charge in [-0.1, -0.05) is 0 Å². The van der Waals surface area contributed by atoms with E-state index in [9.17, 15) is 18.0 Å². The van der Waals surface area contributed by atoms with Gasteiger partial charge in [0.05, 0.1) is 20.2 Å². The standard InChI is InChI=1S/C10H17F3N2O2/c1-17-9(16)6-15-4-2-3-8(5-15)14-7-10(11,12)13/h8,14H,2-7H2,1H3. The van der Waals surface area contributed by atoms with Crippen LogP contribution in [0.2, 0.25) is 0 Å². The van der Waals surface area contributed by atoms with Crippen LogP contribution in [-0.4, -0.2) is 56.4 Å². The topological polar surface area (TPSA) is 41.6 Å². The normalized spacial score (nSPS) is 22.5. The van der Waals surface area contributed by atoms with Crippen LogP contribution in [0.4, 0.5) is 13.2 Å². The number of hydrogen-bond donors (Lipinski definition) is 1. The molecule has 1 N–H and O–H groups in total. The van der Waals surface area contributed by atoms with Crippen LogP contribution < -0.4 is 5.32 Å². The molecule has 1 aliphatic rings. The number of esters is 1. The summed E-state index contributed by atoms with van der Waals surface area (Å²) in [6, 6.07) is -0.213. The Morgan fingerprint density at radius 2 is 2.24 bits per heavy atom. The third-order valence-corrected chi connectivity index (χ3v) is 2.68. The van der Waals surface area contributed by atoms with Crippen LogP contribution in [0.1, 0.15) is 12.8 Å². The average Bonchev–Trinajstić information content (AvgIpc) is 2.26. The molecule has 0 aromatic heterocycles. The van der Waals surface area contributed by atoms with Gasteiger partial charge in [-0.05, 0) is 19.4 Å². The Morgan fingerprint density at radius 3 is 2.82 bits per heavy atom. The third-order valence-electron chi connectivity index (χ3n) is 2.68. The third kappa shape index (κ3) is 5.88. The molecular formula is C10H17F3N2O2. The minimum atomic E-state index is -4.19. The van der Waals surface area contributed by atoms with Crippen LogP contribution in [0.25, 0.3) is 0 Å². The van der Waals surface area contributed by atoms with Gasteiger partial charge >= 0.3 is 12.1 Å². The number of halogens is 3. The molecule has 1 saturated heterocycles. The van der Waals surface area contributed by atoms with Crippen LogP contribution in [0.5, 0.6) is 0 Å². The average molecular weight is 254 g/mol. The number of nitrogens with zero attached hydrogens (tertiary/aromatic N) is 1.